The van der Waals surface area contributed by atoms with Crippen molar-refractivity contribution in [3.8, 4) is 11.3 Å². The summed E-state index contributed by atoms with van der Waals surface area (Å²) in [7, 11) is 16.8. The van der Waals surface area contributed by atoms with Gasteiger partial charge in [-0.1, -0.05) is 278 Å². The van der Waals surface area contributed by atoms with E-state index >= 15 is 0 Å². The summed E-state index contributed by atoms with van der Waals surface area (Å²) in [6, 6.07) is 134. The first kappa shape index (κ1) is 89.3. The van der Waals surface area contributed by atoms with Crippen LogP contribution in [0.4, 0.5) is 51.2 Å². The van der Waals surface area contributed by atoms with E-state index in [2.05, 4.69) is 398 Å². The summed E-state index contributed by atoms with van der Waals surface area (Å²) < 4.78 is 4.60. The van der Waals surface area contributed by atoms with Crippen LogP contribution in [0.15, 0.2) is 370 Å². The van der Waals surface area contributed by atoms with Gasteiger partial charge in [0.15, 0.2) is 0 Å². The molecule has 0 unspecified atom stereocenters. The van der Waals surface area contributed by atoms with Crippen molar-refractivity contribution in [2.24, 2.45) is 14.1 Å². The van der Waals surface area contributed by atoms with E-state index in [0.717, 1.165) is 87.1 Å². The number of aryl methyl sites for hydroxylation is 4. The Hall–Kier alpha value is -12.0. The number of allylic oxidation sites excluding steroid dienone is 1. The van der Waals surface area contributed by atoms with E-state index in [1.54, 1.807) is 0 Å². The second kappa shape index (κ2) is 42.6. The summed E-state index contributed by atoms with van der Waals surface area (Å²) >= 11 is 0. The van der Waals surface area contributed by atoms with Crippen LogP contribution in [-0.4, -0.2) is 51.4 Å². The van der Waals surface area contributed by atoms with E-state index in [1.807, 2.05) is 93.0 Å². The third-order valence-electron chi connectivity index (χ3n) is 24.6. The number of hydrogen-bond acceptors (Lipinski definition) is 5. The van der Waals surface area contributed by atoms with Gasteiger partial charge < -0.3 is 39.0 Å². The smallest absolute Gasteiger partial charge is 0.0527 e. The molecular formula is C115H108N8Y2-4. The van der Waals surface area contributed by atoms with Crippen LogP contribution in [0.5, 0.6) is 0 Å². The fourth-order valence-corrected chi connectivity index (χ4v) is 18.2. The van der Waals surface area contributed by atoms with Gasteiger partial charge in [-0.15, -0.1) is 24.9 Å². The molecule has 2 aromatic heterocycles. The molecule has 0 spiro atoms. The zero-order chi connectivity index (χ0) is 84.5. The van der Waals surface area contributed by atoms with E-state index in [-0.39, 0.29) is 65.4 Å². The fraction of sp³-hybridized carbons (Fsp3) is 0.157. The summed E-state index contributed by atoms with van der Waals surface area (Å²) in [6.07, 6.45) is 12.9. The fourth-order valence-electron chi connectivity index (χ4n) is 18.2. The summed E-state index contributed by atoms with van der Waals surface area (Å²) in [5.41, 5.74) is 40.4. The summed E-state index contributed by atoms with van der Waals surface area (Å²) in [6.45, 7) is 6.03. The van der Waals surface area contributed by atoms with Crippen molar-refractivity contribution < 1.29 is 65.4 Å². The number of fused-ring (bicyclic) bond motifs is 16. The molecule has 23 rings (SSSR count). The summed E-state index contributed by atoms with van der Waals surface area (Å²) in [5, 5.41) is 7.06. The normalized spacial score (nSPS) is 12.5. The molecule has 0 fully saturated rings. The molecule has 2 aliphatic carbocycles. The van der Waals surface area contributed by atoms with Gasteiger partial charge >= 0.3 is 0 Å². The molecule has 4 aliphatic heterocycles. The Labute approximate surface area is 792 Å². The first-order chi connectivity index (χ1) is 60.3. The van der Waals surface area contributed by atoms with Crippen LogP contribution < -0.4 is 24.5 Å². The molecule has 8 nitrogen and oxygen atoms in total. The average Bonchev–Trinajstić information content (AvgIpc) is 1.57. The Morgan fingerprint density at radius 2 is 0.760 bits per heavy atom. The minimum Gasteiger partial charge on any atom is -0.687 e. The first-order valence-corrected chi connectivity index (χ1v) is 43.0. The number of anilines is 8. The Bertz CT molecular complexity index is 6280. The summed E-state index contributed by atoms with van der Waals surface area (Å²) in [5.74, 6) is 0. The van der Waals surface area contributed by atoms with Gasteiger partial charge in [-0.05, 0) is 173 Å². The van der Waals surface area contributed by atoms with E-state index in [4.69, 9.17) is 0 Å². The number of rotatable bonds is 5. The number of hydrogen-bond donors (Lipinski definition) is 0. The van der Waals surface area contributed by atoms with Crippen molar-refractivity contribution in [3.63, 3.8) is 0 Å². The molecule has 0 saturated heterocycles. The Morgan fingerprint density at radius 1 is 0.360 bits per heavy atom. The van der Waals surface area contributed by atoms with Gasteiger partial charge in [0.25, 0.3) is 0 Å². The van der Waals surface area contributed by atoms with Crippen molar-refractivity contribution in [1.82, 2.24) is 9.13 Å². The maximum Gasteiger partial charge on any atom is 0.0527 e. The van der Waals surface area contributed by atoms with Crippen LogP contribution in [0.1, 0.15) is 94.7 Å². The molecule has 17 aromatic rings. The number of nitrogens with zero attached hydrogens (tertiary/aromatic N) is 8. The molecule has 0 saturated carbocycles. The number of benzene rings is 15. The zero-order valence-corrected chi connectivity index (χ0v) is 79.0. The minimum atomic E-state index is 0. The van der Waals surface area contributed by atoms with Gasteiger partial charge in [-0.2, -0.15) is 78.7 Å². The van der Waals surface area contributed by atoms with Crippen molar-refractivity contribution in [3.05, 3.63) is 489 Å². The molecule has 10 heteroatoms. The molecule has 0 atom stereocenters. The largest absolute Gasteiger partial charge is 0.687 e. The first-order valence-electron chi connectivity index (χ1n) is 43.0. The van der Waals surface area contributed by atoms with Gasteiger partial charge in [0.05, 0.1) is 5.69 Å². The molecule has 2 radical (unpaired) electrons. The topological polar surface area (TPSA) is 40.2 Å². The maximum absolute atomic E-state index is 4.25. The third kappa shape index (κ3) is 20.7. The van der Waals surface area contributed by atoms with Crippen molar-refractivity contribution in [1.29, 1.82) is 0 Å². The molecule has 0 bridgehead atoms. The van der Waals surface area contributed by atoms with Crippen molar-refractivity contribution in [2.45, 2.75) is 64.5 Å². The van der Waals surface area contributed by atoms with Gasteiger partial charge in [0.1, 0.15) is 0 Å². The van der Waals surface area contributed by atoms with Crippen LogP contribution in [-0.2, 0) is 144 Å². The second-order valence-electron chi connectivity index (χ2n) is 32.3. The molecule has 6 aliphatic rings. The van der Waals surface area contributed by atoms with Crippen molar-refractivity contribution in [2.75, 3.05) is 66.8 Å². The molecule has 125 heavy (non-hydrogen) atoms. The van der Waals surface area contributed by atoms with E-state index in [9.17, 15) is 0 Å². The maximum atomic E-state index is 4.25. The predicted octanol–water partition coefficient (Wildman–Crippen LogP) is 27.0. The molecule has 15 aromatic carbocycles. The van der Waals surface area contributed by atoms with Gasteiger partial charge in [-0.3, -0.25) is 0 Å². The Morgan fingerprint density at radius 3 is 1.28 bits per heavy atom. The molecule has 0 N–H and O–H groups in total. The quantitative estimate of drug-likeness (QED) is 0.161. The van der Waals surface area contributed by atoms with Crippen LogP contribution in [0.3, 0.4) is 0 Å². The van der Waals surface area contributed by atoms with E-state index in [1.165, 1.54) is 156 Å². The van der Waals surface area contributed by atoms with E-state index < -0.39 is 0 Å². The molecule has 6 heterocycles. The number of para-hydroxylation sites is 11. The molecule has 618 valence electrons. The SMILES string of the molecule is CN1Cc2ccccc2Cc2ccccc21.CN1Cc2ccccc2Cc2ccccc21.CN1c2ccccc2CCc2ccccc21.CN1c2ccccc2Cc2ccccc21.C[N-]c1ccccc1Cc1[c-]cccc1.Cn1c2c(c3ccccc31)CC=C2.Cn1c2c(c3ccccc31)Cc1ccccc1-2.[CH2-]c1ccccc1N(C)c1[c-]cccc1.[Y].[Y]. The van der Waals surface area contributed by atoms with Crippen molar-refractivity contribution >= 4 is 79.1 Å². The van der Waals surface area contributed by atoms with Crippen LogP contribution in [0.25, 0.3) is 44.5 Å². The monoisotopic (exact) mass is 1780 g/mol. The zero-order valence-electron chi connectivity index (χ0n) is 73.3. The van der Waals surface area contributed by atoms with E-state index in [0.29, 0.717) is 0 Å². The van der Waals surface area contributed by atoms with Crippen LogP contribution >= 0.6 is 0 Å². The van der Waals surface area contributed by atoms with Crippen LogP contribution in [0.2, 0.25) is 0 Å². The summed E-state index contributed by atoms with van der Waals surface area (Å²) in [4.78, 5) is 11.3. The third-order valence-corrected chi connectivity index (χ3v) is 24.6. The standard InChI is InChI=1S/C16H13N.3C15H15N.3C14H13N.C12H11N.2Y/c1-17-15-9-5-4-8-13(15)14-10-11-6-2-3-7-12(11)16(14)17;1-16-14-8-4-2-6-12(14)10-11-13-7-3-5-9-15(13)16;2*1-16-11-14-8-3-2-6-12(14)10-13-7-4-5-9-15(13)16;1-15-13-8-4-2-6-11(13)10-12-7-3-5-9-14(12)15;1-12-8-6-7-11-14(12)15(2)13-9-4-3-5-10-13;1-15-14-10-6-5-9-13(14)11-12-7-3-2-4-8-12;1-13-11-7-3-2-5-9(11)10-6-4-8-12(10)13;;/h2-9H,10H2,1H3;3*2-9H,10-11H2,1H3;2-9H,10H2,1H3;3-9,11H,1H2,2H3;2-7,9-10H,11H2,1H3;2-5,7-8H,6H2,1H3;;/q;;;;;2*-2;;;. The predicted molar refractivity (Wildman–Crippen MR) is 522 cm³/mol. The molecule has 0 amide bonds. The average molecular weight is 1780 g/mol. The minimum absolute atomic E-state index is 0. The second-order valence-corrected chi connectivity index (χ2v) is 32.3. The molecular weight excluding hydrogens is 1670 g/mol. The Balaban J connectivity index is 0.000000116. The van der Waals surface area contributed by atoms with Gasteiger partial charge in [0, 0.05) is 201 Å². The number of aromatic nitrogens is 2. The van der Waals surface area contributed by atoms with Crippen LogP contribution in [0, 0.1) is 19.1 Å². The van der Waals surface area contributed by atoms with Gasteiger partial charge in [0.2, 0.25) is 0 Å². The Kier molecular flexibility index (Phi) is 30.4. The van der Waals surface area contributed by atoms with Gasteiger partial charge in [-0.25, -0.2) is 0 Å².